The summed E-state index contributed by atoms with van der Waals surface area (Å²) in [6.07, 6.45) is 3.27. The van der Waals surface area contributed by atoms with Crippen LogP contribution in [-0.4, -0.2) is 65.3 Å². The summed E-state index contributed by atoms with van der Waals surface area (Å²) >= 11 is 1.68. The zero-order valence-electron chi connectivity index (χ0n) is 13.9. The van der Waals surface area contributed by atoms with E-state index in [1.54, 1.807) is 11.3 Å². The number of hydrogen-bond donors (Lipinski definition) is 1. The van der Waals surface area contributed by atoms with Gasteiger partial charge in [-0.1, -0.05) is 6.07 Å². The Morgan fingerprint density at radius 2 is 1.88 bits per heavy atom. The van der Waals surface area contributed by atoms with E-state index in [0.29, 0.717) is 19.8 Å². The van der Waals surface area contributed by atoms with Gasteiger partial charge in [-0.05, 0) is 29.1 Å². The lowest BCUT2D eigenvalue weighted by molar-refractivity contribution is 0.00153. The molecule has 1 aliphatic rings. The molecule has 0 aliphatic carbocycles. The van der Waals surface area contributed by atoms with E-state index in [9.17, 15) is 5.11 Å². The topological polar surface area (TPSA) is 48.8 Å². The summed E-state index contributed by atoms with van der Waals surface area (Å²) in [4.78, 5) is 10.0. The van der Waals surface area contributed by atoms with Crippen LogP contribution >= 0.6 is 11.3 Å². The number of β-amino-alcohol motifs (C(OH)–C–C–N with tert-alkyl or cyclic N) is 1. The van der Waals surface area contributed by atoms with Crippen molar-refractivity contribution in [2.75, 3.05) is 39.3 Å². The second-order valence-corrected chi connectivity index (χ2v) is 7.21. The molecule has 3 heterocycles. The molecule has 130 valence electrons. The first-order valence-corrected chi connectivity index (χ1v) is 9.29. The predicted octanol–water partition coefficient (Wildman–Crippen LogP) is 1.84. The summed E-state index contributed by atoms with van der Waals surface area (Å²) in [6, 6.07) is 8.21. The molecule has 1 N–H and O–H groups in total. The third kappa shape index (κ3) is 5.65. The molecule has 0 amide bonds. The number of thiophene rings is 1. The Kier molecular flexibility index (Phi) is 6.75. The van der Waals surface area contributed by atoms with Crippen molar-refractivity contribution in [2.24, 2.45) is 0 Å². The smallest absolute Gasteiger partial charge is 0.0900 e. The van der Waals surface area contributed by atoms with E-state index >= 15 is 0 Å². The number of aromatic nitrogens is 1. The number of aliphatic hydroxyl groups excluding tert-OH is 1. The number of rotatable bonds is 8. The molecule has 0 radical (unpaired) electrons. The van der Waals surface area contributed by atoms with E-state index in [1.807, 2.05) is 23.8 Å². The lowest BCUT2D eigenvalue weighted by Gasteiger charge is -2.35. The number of aliphatic hydroxyl groups is 1. The maximum Gasteiger partial charge on any atom is 0.0900 e. The lowest BCUT2D eigenvalue weighted by Crippen LogP contribution is -2.48. The fourth-order valence-electron chi connectivity index (χ4n) is 2.92. The highest BCUT2D eigenvalue weighted by Gasteiger charge is 2.19. The Morgan fingerprint density at radius 3 is 2.58 bits per heavy atom. The molecular weight excluding hydrogens is 322 g/mol. The summed E-state index contributed by atoms with van der Waals surface area (Å²) in [5.74, 6) is 0. The fraction of sp³-hybridized carbons (Fsp3) is 0.500. The van der Waals surface area contributed by atoms with E-state index in [1.165, 1.54) is 10.4 Å². The van der Waals surface area contributed by atoms with Crippen molar-refractivity contribution in [2.45, 2.75) is 19.3 Å². The van der Waals surface area contributed by atoms with Gasteiger partial charge in [0.05, 0.1) is 19.3 Å². The Hall–Kier alpha value is -1.31. The molecule has 1 saturated heterocycles. The van der Waals surface area contributed by atoms with Gasteiger partial charge in [0.25, 0.3) is 0 Å². The van der Waals surface area contributed by atoms with Crippen molar-refractivity contribution in [1.82, 2.24) is 14.8 Å². The molecule has 0 spiro atoms. The van der Waals surface area contributed by atoms with E-state index < -0.39 is 6.10 Å². The first-order chi connectivity index (χ1) is 11.8. The van der Waals surface area contributed by atoms with Crippen molar-refractivity contribution in [3.63, 3.8) is 0 Å². The molecule has 0 saturated carbocycles. The molecule has 1 atom stereocenters. The molecule has 1 aliphatic heterocycles. The third-order valence-corrected chi connectivity index (χ3v) is 5.07. The van der Waals surface area contributed by atoms with Crippen LogP contribution in [0.25, 0.3) is 0 Å². The fourth-order valence-corrected chi connectivity index (χ4v) is 3.56. The van der Waals surface area contributed by atoms with Gasteiger partial charge in [0.1, 0.15) is 0 Å². The van der Waals surface area contributed by atoms with Crippen LogP contribution in [0, 0.1) is 0 Å². The van der Waals surface area contributed by atoms with Crippen LogP contribution in [0.1, 0.15) is 10.4 Å². The molecule has 5 nitrogen and oxygen atoms in total. The molecular formula is C18H25N3O2S. The Balaban J connectivity index is 1.31. The molecule has 1 fully saturated rings. The second kappa shape index (κ2) is 9.25. The van der Waals surface area contributed by atoms with Crippen LogP contribution in [0.15, 0.2) is 42.0 Å². The Labute approximate surface area is 147 Å². The first-order valence-electron chi connectivity index (χ1n) is 8.41. The minimum absolute atomic E-state index is 0.398. The highest BCUT2D eigenvalue weighted by molar-refractivity contribution is 7.09. The Morgan fingerprint density at radius 1 is 1.12 bits per heavy atom. The van der Waals surface area contributed by atoms with Crippen molar-refractivity contribution in [3.8, 4) is 0 Å². The van der Waals surface area contributed by atoms with Crippen LogP contribution < -0.4 is 0 Å². The van der Waals surface area contributed by atoms with E-state index in [0.717, 1.165) is 32.7 Å². The standard InChI is InChI=1S/C18H25N3O2S/c22-17(14-23-15-18-2-1-11-24-18)13-21-9-7-20(8-10-21)12-16-3-5-19-6-4-16/h1-6,11,17,22H,7-10,12-15H2. The molecule has 6 heteroatoms. The van der Waals surface area contributed by atoms with Crippen LogP contribution in [0.5, 0.6) is 0 Å². The van der Waals surface area contributed by atoms with E-state index in [-0.39, 0.29) is 0 Å². The Bertz CT molecular complexity index is 571. The normalized spacial score (nSPS) is 17.9. The second-order valence-electron chi connectivity index (χ2n) is 6.18. The number of nitrogens with zero attached hydrogens (tertiary/aromatic N) is 3. The largest absolute Gasteiger partial charge is 0.389 e. The van der Waals surface area contributed by atoms with Crippen molar-refractivity contribution in [1.29, 1.82) is 0 Å². The van der Waals surface area contributed by atoms with Gasteiger partial charge >= 0.3 is 0 Å². The molecule has 24 heavy (non-hydrogen) atoms. The summed E-state index contributed by atoms with van der Waals surface area (Å²) in [7, 11) is 0. The first kappa shape index (κ1) is 17.5. The van der Waals surface area contributed by atoms with Gasteiger partial charge in [-0.15, -0.1) is 11.3 Å². The van der Waals surface area contributed by atoms with Gasteiger partial charge in [-0.3, -0.25) is 14.8 Å². The maximum atomic E-state index is 10.1. The van der Waals surface area contributed by atoms with E-state index in [2.05, 4.69) is 33.0 Å². The zero-order valence-corrected chi connectivity index (χ0v) is 14.7. The molecule has 2 aromatic rings. The number of ether oxygens (including phenoxy) is 1. The summed E-state index contributed by atoms with van der Waals surface area (Å²) in [5.41, 5.74) is 1.31. The van der Waals surface area contributed by atoms with Gasteiger partial charge in [-0.2, -0.15) is 0 Å². The zero-order chi connectivity index (χ0) is 16.6. The highest BCUT2D eigenvalue weighted by atomic mass is 32.1. The number of hydrogen-bond acceptors (Lipinski definition) is 6. The van der Waals surface area contributed by atoms with Gasteiger partial charge in [0.15, 0.2) is 0 Å². The number of piperazine rings is 1. The molecule has 0 aromatic carbocycles. The van der Waals surface area contributed by atoms with Crippen LogP contribution in [0.2, 0.25) is 0 Å². The highest BCUT2D eigenvalue weighted by Crippen LogP contribution is 2.11. The molecule has 1 unspecified atom stereocenters. The van der Waals surface area contributed by atoms with Gasteiger partial charge in [0.2, 0.25) is 0 Å². The maximum absolute atomic E-state index is 10.1. The van der Waals surface area contributed by atoms with Gasteiger partial charge in [0, 0.05) is 56.5 Å². The van der Waals surface area contributed by atoms with Gasteiger partial charge in [-0.25, -0.2) is 0 Å². The predicted molar refractivity (Wildman–Crippen MR) is 95.9 cm³/mol. The quantitative estimate of drug-likeness (QED) is 0.790. The summed E-state index contributed by atoms with van der Waals surface area (Å²) < 4.78 is 5.60. The van der Waals surface area contributed by atoms with Crippen molar-refractivity contribution in [3.05, 3.63) is 52.5 Å². The molecule has 2 aromatic heterocycles. The average molecular weight is 347 g/mol. The summed E-state index contributed by atoms with van der Waals surface area (Å²) in [5, 5.41) is 12.2. The van der Waals surface area contributed by atoms with Crippen LogP contribution in [-0.2, 0) is 17.9 Å². The minimum Gasteiger partial charge on any atom is -0.389 e. The van der Waals surface area contributed by atoms with Crippen molar-refractivity contribution >= 4 is 11.3 Å². The van der Waals surface area contributed by atoms with Gasteiger partial charge < -0.3 is 9.84 Å². The average Bonchev–Trinajstić information content (AvgIpc) is 3.11. The van der Waals surface area contributed by atoms with Crippen LogP contribution in [0.3, 0.4) is 0 Å². The number of pyridine rings is 1. The third-order valence-electron chi connectivity index (χ3n) is 4.22. The molecule has 0 bridgehead atoms. The minimum atomic E-state index is -0.420. The monoisotopic (exact) mass is 347 g/mol. The van der Waals surface area contributed by atoms with Crippen molar-refractivity contribution < 1.29 is 9.84 Å². The lowest BCUT2D eigenvalue weighted by atomic mass is 10.2. The van der Waals surface area contributed by atoms with E-state index in [4.69, 9.17) is 4.74 Å². The summed E-state index contributed by atoms with van der Waals surface area (Å²) in [6.45, 7) is 6.70. The van der Waals surface area contributed by atoms with Crippen LogP contribution in [0.4, 0.5) is 0 Å². The SMILES string of the molecule is OC(COCc1cccs1)CN1CCN(Cc2ccncc2)CC1. The molecule has 3 rings (SSSR count).